The summed E-state index contributed by atoms with van der Waals surface area (Å²) >= 11 is 0. The van der Waals surface area contributed by atoms with E-state index in [4.69, 9.17) is 11.5 Å². The molecule has 0 fully saturated rings. The second kappa shape index (κ2) is 4.50. The van der Waals surface area contributed by atoms with E-state index >= 15 is 0 Å². The lowest BCUT2D eigenvalue weighted by Crippen LogP contribution is -1.97. The number of aromatic nitrogens is 1. The first kappa shape index (κ1) is 8.72. The Labute approximate surface area is 71.8 Å². The Morgan fingerprint density at radius 3 is 2.83 bits per heavy atom. The topological polar surface area (TPSA) is 64.9 Å². The normalized spacial score (nSPS) is 8.83. The monoisotopic (exact) mass is 161 g/mol. The Balaban J connectivity index is 2.86. The van der Waals surface area contributed by atoms with Gasteiger partial charge in [0.2, 0.25) is 0 Å². The first-order valence-electron chi connectivity index (χ1n) is 3.69. The zero-order chi connectivity index (χ0) is 8.81. The minimum Gasteiger partial charge on any atom is -0.326 e. The molecule has 0 aliphatic carbocycles. The molecule has 0 aliphatic heterocycles. The van der Waals surface area contributed by atoms with Crippen LogP contribution >= 0.6 is 0 Å². The van der Waals surface area contributed by atoms with Crippen molar-refractivity contribution >= 4 is 0 Å². The largest absolute Gasteiger partial charge is 0.326 e. The van der Waals surface area contributed by atoms with Crippen LogP contribution in [0.15, 0.2) is 18.5 Å². The lowest BCUT2D eigenvalue weighted by atomic mass is 10.2. The van der Waals surface area contributed by atoms with Crippen molar-refractivity contribution in [1.82, 2.24) is 4.98 Å². The van der Waals surface area contributed by atoms with Gasteiger partial charge in [0.25, 0.3) is 0 Å². The summed E-state index contributed by atoms with van der Waals surface area (Å²) in [5.74, 6) is 5.64. The molecule has 0 amide bonds. The van der Waals surface area contributed by atoms with Crippen LogP contribution in [0.2, 0.25) is 0 Å². The van der Waals surface area contributed by atoms with E-state index in [1.54, 1.807) is 12.4 Å². The highest BCUT2D eigenvalue weighted by atomic mass is 14.6. The van der Waals surface area contributed by atoms with E-state index in [0.717, 1.165) is 11.1 Å². The molecule has 1 heterocycles. The first-order chi connectivity index (χ1) is 5.86. The molecule has 0 radical (unpaired) electrons. The third-order valence-corrected chi connectivity index (χ3v) is 1.37. The summed E-state index contributed by atoms with van der Waals surface area (Å²) in [6.45, 7) is 0.859. The van der Waals surface area contributed by atoms with Crippen molar-refractivity contribution in [3.05, 3.63) is 29.6 Å². The van der Waals surface area contributed by atoms with Gasteiger partial charge in [-0.1, -0.05) is 11.8 Å². The van der Waals surface area contributed by atoms with Gasteiger partial charge >= 0.3 is 0 Å². The molecule has 0 atom stereocenters. The van der Waals surface area contributed by atoms with Gasteiger partial charge in [0, 0.05) is 24.5 Å². The lowest BCUT2D eigenvalue weighted by molar-refractivity contribution is 1.04. The van der Waals surface area contributed by atoms with Crippen LogP contribution in [0.1, 0.15) is 11.1 Å². The molecule has 3 heteroatoms. The summed E-state index contributed by atoms with van der Waals surface area (Å²) in [4.78, 5) is 3.99. The number of hydrogen-bond donors (Lipinski definition) is 2. The highest BCUT2D eigenvalue weighted by Gasteiger charge is 1.90. The molecule has 0 bridgehead atoms. The number of rotatable bonds is 1. The summed E-state index contributed by atoms with van der Waals surface area (Å²) in [7, 11) is 0. The molecule has 0 saturated carbocycles. The Morgan fingerprint density at radius 2 is 2.17 bits per heavy atom. The third kappa shape index (κ3) is 2.35. The van der Waals surface area contributed by atoms with Crippen molar-refractivity contribution < 1.29 is 0 Å². The summed E-state index contributed by atoms with van der Waals surface area (Å²) in [6, 6.07) is 1.91. The summed E-state index contributed by atoms with van der Waals surface area (Å²) in [5.41, 5.74) is 12.5. The van der Waals surface area contributed by atoms with Gasteiger partial charge in [-0.05, 0) is 11.6 Å². The van der Waals surface area contributed by atoms with Crippen LogP contribution in [-0.4, -0.2) is 11.5 Å². The maximum Gasteiger partial charge on any atom is 0.0555 e. The average Bonchev–Trinajstić information content (AvgIpc) is 2.15. The first-order valence-corrected chi connectivity index (χ1v) is 3.69. The SMILES string of the molecule is NCC#Cc1cncc(CN)c1. The van der Waals surface area contributed by atoms with Crippen molar-refractivity contribution in [3.63, 3.8) is 0 Å². The van der Waals surface area contributed by atoms with E-state index in [1.807, 2.05) is 6.07 Å². The van der Waals surface area contributed by atoms with Gasteiger partial charge in [0.15, 0.2) is 0 Å². The molecule has 12 heavy (non-hydrogen) atoms. The van der Waals surface area contributed by atoms with Gasteiger partial charge < -0.3 is 11.5 Å². The lowest BCUT2D eigenvalue weighted by Gasteiger charge is -1.94. The predicted molar refractivity (Wildman–Crippen MR) is 48.1 cm³/mol. The van der Waals surface area contributed by atoms with Crippen LogP contribution in [0.3, 0.4) is 0 Å². The minimum atomic E-state index is 0.368. The summed E-state index contributed by atoms with van der Waals surface area (Å²) in [5, 5.41) is 0. The van der Waals surface area contributed by atoms with E-state index in [0.29, 0.717) is 13.1 Å². The Hall–Kier alpha value is -1.37. The van der Waals surface area contributed by atoms with Crippen LogP contribution in [0.5, 0.6) is 0 Å². The van der Waals surface area contributed by atoms with E-state index in [2.05, 4.69) is 16.8 Å². The molecule has 1 aromatic heterocycles. The summed E-state index contributed by atoms with van der Waals surface area (Å²) in [6.07, 6.45) is 3.43. The van der Waals surface area contributed by atoms with Crippen LogP contribution < -0.4 is 11.5 Å². The molecule has 1 aromatic rings. The minimum absolute atomic E-state index is 0.368. The number of nitrogens with zero attached hydrogens (tertiary/aromatic N) is 1. The molecule has 0 saturated heterocycles. The maximum absolute atomic E-state index is 5.43. The predicted octanol–water partition coefficient (Wildman–Crippen LogP) is -0.150. The molecule has 4 N–H and O–H groups in total. The third-order valence-electron chi connectivity index (χ3n) is 1.37. The van der Waals surface area contributed by atoms with Crippen LogP contribution in [0.4, 0.5) is 0 Å². The van der Waals surface area contributed by atoms with Gasteiger partial charge in [0.05, 0.1) is 6.54 Å². The highest BCUT2D eigenvalue weighted by molar-refractivity contribution is 5.34. The van der Waals surface area contributed by atoms with Crippen molar-refractivity contribution in [3.8, 4) is 11.8 Å². The molecule has 62 valence electrons. The van der Waals surface area contributed by atoms with Gasteiger partial charge in [-0.2, -0.15) is 0 Å². The Bertz CT molecular complexity index is 309. The Kier molecular flexibility index (Phi) is 3.27. The van der Waals surface area contributed by atoms with Crippen LogP contribution in [0.25, 0.3) is 0 Å². The standard InChI is InChI=1S/C9H11N3/c10-3-1-2-8-4-9(5-11)7-12-6-8/h4,6-7H,3,5,10-11H2. The number of pyridine rings is 1. The molecule has 1 rings (SSSR count). The van der Waals surface area contributed by atoms with Crippen molar-refractivity contribution in [2.75, 3.05) is 6.54 Å². The van der Waals surface area contributed by atoms with Gasteiger partial charge in [-0.25, -0.2) is 0 Å². The summed E-state index contributed by atoms with van der Waals surface area (Å²) < 4.78 is 0. The number of hydrogen-bond acceptors (Lipinski definition) is 3. The van der Waals surface area contributed by atoms with E-state index in [-0.39, 0.29) is 0 Å². The van der Waals surface area contributed by atoms with Gasteiger partial charge in [-0.15, -0.1) is 0 Å². The zero-order valence-electron chi connectivity index (χ0n) is 6.75. The molecule has 0 spiro atoms. The average molecular weight is 161 g/mol. The molecule has 0 unspecified atom stereocenters. The smallest absolute Gasteiger partial charge is 0.0555 e. The van der Waals surface area contributed by atoms with E-state index in [9.17, 15) is 0 Å². The maximum atomic E-state index is 5.43. The fraction of sp³-hybridized carbons (Fsp3) is 0.222. The molecule has 0 aliphatic rings. The molecular weight excluding hydrogens is 150 g/mol. The quantitative estimate of drug-likeness (QED) is 0.563. The van der Waals surface area contributed by atoms with Gasteiger partial charge in [-0.3, -0.25) is 4.98 Å². The molecule has 0 aromatic carbocycles. The molecule has 3 nitrogen and oxygen atoms in total. The van der Waals surface area contributed by atoms with Gasteiger partial charge in [0.1, 0.15) is 0 Å². The highest BCUT2D eigenvalue weighted by Crippen LogP contribution is 1.99. The number of nitrogens with two attached hydrogens (primary N) is 2. The fourth-order valence-electron chi connectivity index (χ4n) is 0.821. The molecular formula is C9H11N3. The van der Waals surface area contributed by atoms with E-state index < -0.39 is 0 Å². The fourth-order valence-corrected chi connectivity index (χ4v) is 0.821. The van der Waals surface area contributed by atoms with Crippen molar-refractivity contribution in [1.29, 1.82) is 0 Å². The van der Waals surface area contributed by atoms with Crippen LogP contribution in [-0.2, 0) is 6.54 Å². The Morgan fingerprint density at radius 1 is 1.33 bits per heavy atom. The second-order valence-electron chi connectivity index (χ2n) is 2.29. The second-order valence-corrected chi connectivity index (χ2v) is 2.29. The van der Waals surface area contributed by atoms with Crippen LogP contribution in [0, 0.1) is 11.8 Å². The van der Waals surface area contributed by atoms with Crippen molar-refractivity contribution in [2.45, 2.75) is 6.54 Å². The zero-order valence-corrected chi connectivity index (χ0v) is 6.75. The van der Waals surface area contributed by atoms with Crippen molar-refractivity contribution in [2.24, 2.45) is 11.5 Å². The van der Waals surface area contributed by atoms with E-state index in [1.165, 1.54) is 0 Å².